The van der Waals surface area contributed by atoms with Crippen LogP contribution in [0.2, 0.25) is 0 Å². The van der Waals surface area contributed by atoms with Gasteiger partial charge in [0.1, 0.15) is 17.2 Å². The van der Waals surface area contributed by atoms with E-state index in [2.05, 4.69) is 18.6 Å². The van der Waals surface area contributed by atoms with E-state index in [0.717, 1.165) is 24.2 Å². The molecule has 1 aromatic carbocycles. The number of aromatic nitrogens is 2. The van der Waals surface area contributed by atoms with Crippen LogP contribution in [0.25, 0.3) is 11.3 Å². The predicted octanol–water partition coefficient (Wildman–Crippen LogP) is 5.45. The summed E-state index contributed by atoms with van der Waals surface area (Å²) in [7, 11) is 1.48. The summed E-state index contributed by atoms with van der Waals surface area (Å²) in [5.41, 5.74) is 2.86. The molecule has 0 fully saturated rings. The van der Waals surface area contributed by atoms with Crippen molar-refractivity contribution in [1.29, 1.82) is 0 Å². The molecule has 0 aliphatic heterocycles. The fourth-order valence-electron chi connectivity index (χ4n) is 2.93. The lowest BCUT2D eigenvalue weighted by molar-refractivity contribution is -0.0499. The van der Waals surface area contributed by atoms with Crippen molar-refractivity contribution in [1.82, 2.24) is 9.97 Å². The molecular weight excluding hydrogens is 366 g/mol. The highest BCUT2D eigenvalue weighted by atomic mass is 19.3. The van der Waals surface area contributed by atoms with Gasteiger partial charge in [-0.15, -0.1) is 0 Å². The first-order valence-corrected chi connectivity index (χ1v) is 9.66. The molecule has 5 nitrogen and oxygen atoms in total. The second-order valence-corrected chi connectivity index (χ2v) is 6.27. The van der Waals surface area contributed by atoms with E-state index < -0.39 is 6.61 Å². The zero-order valence-electron chi connectivity index (χ0n) is 17.1. The lowest BCUT2D eigenvalue weighted by Crippen LogP contribution is -2.17. The topological polar surface area (TPSA) is 53.5 Å². The van der Waals surface area contributed by atoms with Crippen LogP contribution in [-0.2, 0) is 12.8 Å². The number of hydrogen-bond acceptors (Lipinski definition) is 5. The molecule has 0 N–H and O–H groups in total. The molecule has 0 bridgehead atoms. The minimum atomic E-state index is -2.89. The fraction of sp³-hybridized carbons (Fsp3) is 0.524. The van der Waals surface area contributed by atoms with Gasteiger partial charge in [0.25, 0.3) is 0 Å². The Labute approximate surface area is 165 Å². The van der Waals surface area contributed by atoms with E-state index in [-0.39, 0.29) is 11.9 Å². The standard InChI is InChI=1S/C21H28F2N2O3/c1-6-13(7-2)27-20-17(9-4)24-19(16(8-3)25-20)15-11-10-14(28-21(22)23)12-18(15)26-5/h10-13,21H,6-9H2,1-5H3. The molecule has 0 spiro atoms. The first-order chi connectivity index (χ1) is 13.5. The Morgan fingerprint density at radius 1 is 0.929 bits per heavy atom. The van der Waals surface area contributed by atoms with Crippen molar-refractivity contribution in [2.75, 3.05) is 7.11 Å². The van der Waals surface area contributed by atoms with Gasteiger partial charge in [-0.05, 0) is 37.8 Å². The number of methoxy groups -OCH3 is 1. The number of benzene rings is 1. The average Bonchev–Trinajstić information content (AvgIpc) is 2.70. The first kappa shape index (κ1) is 21.9. The van der Waals surface area contributed by atoms with Gasteiger partial charge in [0, 0.05) is 11.6 Å². The summed E-state index contributed by atoms with van der Waals surface area (Å²) in [5, 5.41) is 0. The number of rotatable bonds is 10. The molecule has 2 aromatic rings. The summed E-state index contributed by atoms with van der Waals surface area (Å²) in [5.74, 6) is 0.997. The van der Waals surface area contributed by atoms with Crippen molar-refractivity contribution in [3.8, 4) is 28.6 Å². The molecule has 0 aliphatic carbocycles. The van der Waals surface area contributed by atoms with Crippen molar-refractivity contribution in [3.63, 3.8) is 0 Å². The molecule has 28 heavy (non-hydrogen) atoms. The molecule has 0 aliphatic rings. The predicted molar refractivity (Wildman–Crippen MR) is 104 cm³/mol. The van der Waals surface area contributed by atoms with Gasteiger partial charge in [-0.25, -0.2) is 9.97 Å². The van der Waals surface area contributed by atoms with Crippen LogP contribution in [0.5, 0.6) is 17.4 Å². The molecule has 0 saturated carbocycles. The van der Waals surface area contributed by atoms with E-state index in [4.69, 9.17) is 19.4 Å². The molecule has 0 radical (unpaired) electrons. The van der Waals surface area contributed by atoms with Crippen molar-refractivity contribution < 1.29 is 23.0 Å². The molecule has 0 atom stereocenters. The number of ether oxygens (including phenoxy) is 3. The Balaban J connectivity index is 2.53. The molecule has 1 aromatic heterocycles. The Morgan fingerprint density at radius 3 is 2.14 bits per heavy atom. The Bertz CT molecular complexity index is 780. The quantitative estimate of drug-likeness (QED) is 0.537. The maximum atomic E-state index is 12.5. The summed E-state index contributed by atoms with van der Waals surface area (Å²) in [6.45, 7) is 5.25. The molecule has 2 rings (SSSR count). The van der Waals surface area contributed by atoms with Gasteiger partial charge in [-0.1, -0.05) is 27.7 Å². The Morgan fingerprint density at radius 2 is 1.61 bits per heavy atom. The average molecular weight is 394 g/mol. The molecule has 0 unspecified atom stereocenters. The van der Waals surface area contributed by atoms with Crippen LogP contribution < -0.4 is 14.2 Å². The summed E-state index contributed by atoms with van der Waals surface area (Å²) in [4.78, 5) is 9.53. The monoisotopic (exact) mass is 394 g/mol. The molecule has 0 amide bonds. The Hall–Kier alpha value is -2.44. The second-order valence-electron chi connectivity index (χ2n) is 6.27. The number of hydrogen-bond donors (Lipinski definition) is 0. The van der Waals surface area contributed by atoms with Gasteiger partial charge >= 0.3 is 6.61 Å². The van der Waals surface area contributed by atoms with E-state index in [1.54, 1.807) is 6.07 Å². The second kappa shape index (κ2) is 10.2. The molecular formula is C21H28F2N2O3. The molecule has 1 heterocycles. The van der Waals surface area contributed by atoms with Gasteiger partial charge in [-0.3, -0.25) is 0 Å². The zero-order valence-corrected chi connectivity index (χ0v) is 17.1. The lowest BCUT2D eigenvalue weighted by Gasteiger charge is -2.19. The van der Waals surface area contributed by atoms with Gasteiger partial charge < -0.3 is 14.2 Å². The van der Waals surface area contributed by atoms with Crippen LogP contribution in [0.3, 0.4) is 0 Å². The maximum absolute atomic E-state index is 12.5. The third-order valence-electron chi connectivity index (χ3n) is 4.52. The molecule has 7 heteroatoms. The highest BCUT2D eigenvalue weighted by Crippen LogP contribution is 2.36. The van der Waals surface area contributed by atoms with E-state index in [1.165, 1.54) is 19.2 Å². The number of aryl methyl sites for hydroxylation is 2. The van der Waals surface area contributed by atoms with E-state index in [1.807, 2.05) is 13.8 Å². The minimum Gasteiger partial charge on any atom is -0.496 e. The van der Waals surface area contributed by atoms with Crippen LogP contribution in [0.15, 0.2) is 18.2 Å². The Kier molecular flexibility index (Phi) is 7.96. The number of halogens is 2. The highest BCUT2D eigenvalue weighted by molar-refractivity contribution is 5.70. The summed E-state index contributed by atoms with van der Waals surface area (Å²) < 4.78 is 41.0. The van der Waals surface area contributed by atoms with Gasteiger partial charge in [0.05, 0.1) is 24.6 Å². The summed E-state index contributed by atoms with van der Waals surface area (Å²) in [6, 6.07) is 4.58. The molecule has 154 valence electrons. The van der Waals surface area contributed by atoms with Crippen molar-refractivity contribution in [2.45, 2.75) is 66.1 Å². The van der Waals surface area contributed by atoms with Crippen molar-refractivity contribution in [2.24, 2.45) is 0 Å². The van der Waals surface area contributed by atoms with Crippen molar-refractivity contribution in [3.05, 3.63) is 29.6 Å². The van der Waals surface area contributed by atoms with Gasteiger partial charge in [0.2, 0.25) is 5.88 Å². The number of nitrogens with zero attached hydrogens (tertiary/aromatic N) is 2. The minimum absolute atomic E-state index is 0.0333. The van der Waals surface area contributed by atoms with Crippen LogP contribution >= 0.6 is 0 Å². The zero-order chi connectivity index (χ0) is 20.7. The maximum Gasteiger partial charge on any atom is 0.387 e. The van der Waals surface area contributed by atoms with E-state index in [9.17, 15) is 8.78 Å². The van der Waals surface area contributed by atoms with Gasteiger partial charge in [-0.2, -0.15) is 8.78 Å². The van der Waals surface area contributed by atoms with E-state index >= 15 is 0 Å². The summed E-state index contributed by atoms with van der Waals surface area (Å²) in [6.07, 6.45) is 3.18. The highest BCUT2D eigenvalue weighted by Gasteiger charge is 2.20. The molecule has 0 saturated heterocycles. The van der Waals surface area contributed by atoms with Crippen LogP contribution in [0, 0.1) is 0 Å². The number of alkyl halides is 2. The van der Waals surface area contributed by atoms with Crippen molar-refractivity contribution >= 4 is 0 Å². The smallest absolute Gasteiger partial charge is 0.387 e. The largest absolute Gasteiger partial charge is 0.496 e. The van der Waals surface area contributed by atoms with Crippen LogP contribution in [-0.4, -0.2) is 29.8 Å². The van der Waals surface area contributed by atoms with Crippen LogP contribution in [0.4, 0.5) is 8.78 Å². The third-order valence-corrected chi connectivity index (χ3v) is 4.52. The van der Waals surface area contributed by atoms with Gasteiger partial charge in [0.15, 0.2) is 0 Å². The normalized spacial score (nSPS) is 11.2. The SMILES string of the molecule is CCc1nc(-c2ccc(OC(F)F)cc2OC)c(CC)nc1OC(CC)CC. The van der Waals surface area contributed by atoms with Crippen LogP contribution in [0.1, 0.15) is 51.9 Å². The fourth-order valence-corrected chi connectivity index (χ4v) is 2.93. The van der Waals surface area contributed by atoms with E-state index in [0.29, 0.717) is 35.7 Å². The summed E-state index contributed by atoms with van der Waals surface area (Å²) >= 11 is 0. The lowest BCUT2D eigenvalue weighted by atomic mass is 10.1. The first-order valence-electron chi connectivity index (χ1n) is 9.66. The third kappa shape index (κ3) is 5.09.